The van der Waals surface area contributed by atoms with Gasteiger partial charge in [0.1, 0.15) is 11.7 Å². The van der Waals surface area contributed by atoms with Crippen LogP contribution in [0, 0.1) is 17.8 Å². The van der Waals surface area contributed by atoms with Gasteiger partial charge in [0.15, 0.2) is 0 Å². The number of methoxy groups -OCH3 is 1. The number of ether oxygens (including phenoxy) is 1. The minimum atomic E-state index is -0.523. The maximum absolute atomic E-state index is 12.4. The van der Waals surface area contributed by atoms with E-state index in [-0.39, 0.29) is 17.7 Å². The molecule has 1 rings (SSSR count). The molecule has 1 saturated carbocycles. The van der Waals surface area contributed by atoms with E-state index in [9.17, 15) is 9.59 Å². The summed E-state index contributed by atoms with van der Waals surface area (Å²) in [5.74, 6) is -0.0503. The number of hydrogen-bond acceptors (Lipinski definition) is 3. The molecule has 0 radical (unpaired) electrons. The molecule has 0 bridgehead atoms. The van der Waals surface area contributed by atoms with Crippen molar-refractivity contribution in [3.8, 4) is 0 Å². The molecule has 0 amide bonds. The van der Waals surface area contributed by atoms with Crippen molar-refractivity contribution in [2.24, 2.45) is 17.8 Å². The standard InChI is InChI=1S/C15H26O3/c1-4-5-9-13(15(17)18-3)14(16)12-8-6-7-11(2)10-12/h11-13H,4-10H2,1-3H3. The van der Waals surface area contributed by atoms with Gasteiger partial charge >= 0.3 is 5.97 Å². The van der Waals surface area contributed by atoms with Gasteiger partial charge < -0.3 is 4.74 Å². The largest absolute Gasteiger partial charge is 0.468 e. The number of carbonyl (C=O) groups is 2. The van der Waals surface area contributed by atoms with Crippen LogP contribution in [0.1, 0.15) is 58.8 Å². The predicted octanol–water partition coefficient (Wildman–Crippen LogP) is 3.36. The van der Waals surface area contributed by atoms with Gasteiger partial charge in [0, 0.05) is 5.92 Å². The Morgan fingerprint density at radius 2 is 2.06 bits per heavy atom. The van der Waals surface area contributed by atoms with Crippen molar-refractivity contribution in [2.75, 3.05) is 7.11 Å². The molecule has 0 saturated heterocycles. The lowest BCUT2D eigenvalue weighted by molar-refractivity contribution is -0.151. The molecule has 1 fully saturated rings. The van der Waals surface area contributed by atoms with Gasteiger partial charge in [-0.15, -0.1) is 0 Å². The van der Waals surface area contributed by atoms with Crippen molar-refractivity contribution in [3.63, 3.8) is 0 Å². The van der Waals surface area contributed by atoms with Gasteiger partial charge in [0.25, 0.3) is 0 Å². The highest BCUT2D eigenvalue weighted by molar-refractivity contribution is 6.00. The fourth-order valence-electron chi connectivity index (χ4n) is 2.90. The molecule has 18 heavy (non-hydrogen) atoms. The monoisotopic (exact) mass is 254 g/mol. The smallest absolute Gasteiger partial charge is 0.316 e. The summed E-state index contributed by atoms with van der Waals surface area (Å²) in [7, 11) is 1.37. The van der Waals surface area contributed by atoms with E-state index in [4.69, 9.17) is 4.74 Å². The van der Waals surface area contributed by atoms with Gasteiger partial charge in [-0.2, -0.15) is 0 Å². The predicted molar refractivity (Wildman–Crippen MR) is 71.2 cm³/mol. The van der Waals surface area contributed by atoms with Crippen LogP contribution in [0.3, 0.4) is 0 Å². The summed E-state index contributed by atoms with van der Waals surface area (Å²) in [5.41, 5.74) is 0. The normalized spacial score (nSPS) is 25.5. The topological polar surface area (TPSA) is 43.4 Å². The van der Waals surface area contributed by atoms with Crippen LogP contribution in [0.5, 0.6) is 0 Å². The Hall–Kier alpha value is -0.860. The van der Waals surface area contributed by atoms with Gasteiger partial charge in [-0.1, -0.05) is 39.5 Å². The molecule has 0 N–H and O–H groups in total. The average molecular weight is 254 g/mol. The van der Waals surface area contributed by atoms with E-state index in [0.717, 1.165) is 32.1 Å². The van der Waals surface area contributed by atoms with Crippen LogP contribution in [-0.2, 0) is 14.3 Å². The Morgan fingerprint density at radius 1 is 1.33 bits per heavy atom. The second kappa shape index (κ2) is 7.55. The minimum absolute atomic E-state index is 0.0784. The number of rotatable bonds is 6. The molecule has 3 nitrogen and oxygen atoms in total. The Balaban J connectivity index is 2.65. The van der Waals surface area contributed by atoms with Crippen LogP contribution < -0.4 is 0 Å². The van der Waals surface area contributed by atoms with Crippen molar-refractivity contribution in [3.05, 3.63) is 0 Å². The summed E-state index contributed by atoms with van der Waals surface area (Å²) >= 11 is 0. The number of unbranched alkanes of at least 4 members (excludes halogenated alkanes) is 1. The molecule has 0 aliphatic heterocycles. The lowest BCUT2D eigenvalue weighted by Gasteiger charge is -2.28. The first-order chi connectivity index (χ1) is 8.60. The van der Waals surface area contributed by atoms with Crippen molar-refractivity contribution in [2.45, 2.75) is 58.8 Å². The van der Waals surface area contributed by atoms with Crippen LogP contribution in [-0.4, -0.2) is 18.9 Å². The van der Waals surface area contributed by atoms with E-state index in [2.05, 4.69) is 13.8 Å². The number of carbonyl (C=O) groups excluding carboxylic acids is 2. The maximum Gasteiger partial charge on any atom is 0.316 e. The highest BCUT2D eigenvalue weighted by atomic mass is 16.5. The summed E-state index contributed by atoms with van der Waals surface area (Å²) in [6, 6.07) is 0. The van der Waals surface area contributed by atoms with Gasteiger partial charge in [-0.3, -0.25) is 9.59 Å². The first kappa shape index (κ1) is 15.2. The second-order valence-corrected chi connectivity index (χ2v) is 5.59. The molecule has 104 valence electrons. The van der Waals surface area contributed by atoms with Crippen LogP contribution in [0.25, 0.3) is 0 Å². The molecule has 0 spiro atoms. The van der Waals surface area contributed by atoms with Crippen LogP contribution in [0.15, 0.2) is 0 Å². The molecule has 1 aliphatic rings. The summed E-state index contributed by atoms with van der Waals surface area (Å²) in [5, 5.41) is 0. The number of ketones is 1. The summed E-state index contributed by atoms with van der Waals surface area (Å²) in [6.07, 6.45) is 6.77. The molecule has 0 aromatic carbocycles. The first-order valence-electron chi connectivity index (χ1n) is 7.21. The fraction of sp³-hybridized carbons (Fsp3) is 0.867. The van der Waals surface area contributed by atoms with E-state index in [1.54, 1.807) is 0 Å². The maximum atomic E-state index is 12.4. The number of hydrogen-bond donors (Lipinski definition) is 0. The molecule has 3 atom stereocenters. The van der Waals surface area contributed by atoms with Crippen molar-refractivity contribution in [1.82, 2.24) is 0 Å². The number of esters is 1. The Labute approximate surface area is 110 Å². The molecule has 0 aromatic heterocycles. The minimum Gasteiger partial charge on any atom is -0.468 e. The lowest BCUT2D eigenvalue weighted by atomic mass is 9.76. The Kier molecular flexibility index (Phi) is 6.37. The van der Waals surface area contributed by atoms with Gasteiger partial charge in [0.2, 0.25) is 0 Å². The highest BCUT2D eigenvalue weighted by Gasteiger charge is 2.34. The van der Waals surface area contributed by atoms with Gasteiger partial charge in [-0.25, -0.2) is 0 Å². The highest BCUT2D eigenvalue weighted by Crippen LogP contribution is 2.32. The molecule has 1 aliphatic carbocycles. The fourth-order valence-corrected chi connectivity index (χ4v) is 2.90. The Bertz CT molecular complexity index is 285. The van der Waals surface area contributed by atoms with E-state index in [0.29, 0.717) is 12.3 Å². The van der Waals surface area contributed by atoms with Crippen LogP contribution in [0.4, 0.5) is 0 Å². The van der Waals surface area contributed by atoms with Crippen LogP contribution in [0.2, 0.25) is 0 Å². The van der Waals surface area contributed by atoms with E-state index < -0.39 is 5.92 Å². The molecular formula is C15H26O3. The molecule has 0 aromatic rings. The van der Waals surface area contributed by atoms with E-state index in [1.165, 1.54) is 13.5 Å². The SMILES string of the molecule is CCCCC(C(=O)OC)C(=O)C1CCCC(C)C1. The van der Waals surface area contributed by atoms with E-state index >= 15 is 0 Å². The van der Waals surface area contributed by atoms with E-state index in [1.807, 2.05) is 0 Å². The lowest BCUT2D eigenvalue weighted by Crippen LogP contribution is -2.33. The second-order valence-electron chi connectivity index (χ2n) is 5.59. The third-order valence-corrected chi connectivity index (χ3v) is 4.01. The summed E-state index contributed by atoms with van der Waals surface area (Å²) < 4.78 is 4.79. The zero-order valence-corrected chi connectivity index (χ0v) is 11.9. The molecular weight excluding hydrogens is 228 g/mol. The molecule has 0 heterocycles. The summed E-state index contributed by atoms with van der Waals surface area (Å²) in [4.78, 5) is 24.2. The molecule has 3 heteroatoms. The third-order valence-electron chi connectivity index (χ3n) is 4.01. The summed E-state index contributed by atoms with van der Waals surface area (Å²) in [6.45, 7) is 4.26. The zero-order valence-electron chi connectivity index (χ0n) is 11.9. The molecule has 3 unspecified atom stereocenters. The van der Waals surface area contributed by atoms with Gasteiger partial charge in [0.05, 0.1) is 7.11 Å². The quantitative estimate of drug-likeness (QED) is 0.539. The van der Waals surface area contributed by atoms with Crippen molar-refractivity contribution in [1.29, 1.82) is 0 Å². The Morgan fingerprint density at radius 3 is 2.61 bits per heavy atom. The van der Waals surface area contributed by atoms with Crippen molar-refractivity contribution >= 4 is 11.8 Å². The van der Waals surface area contributed by atoms with Gasteiger partial charge in [-0.05, 0) is 25.2 Å². The zero-order chi connectivity index (χ0) is 13.5. The van der Waals surface area contributed by atoms with Crippen molar-refractivity contribution < 1.29 is 14.3 Å². The number of Topliss-reactive ketones (excluding diaryl/α,β-unsaturated/α-hetero) is 1. The van der Waals surface area contributed by atoms with Crippen LogP contribution >= 0.6 is 0 Å². The third kappa shape index (κ3) is 4.11. The first-order valence-corrected chi connectivity index (χ1v) is 7.21. The average Bonchev–Trinajstić information content (AvgIpc) is 2.38.